The molecular weight excluding hydrogens is 468 g/mol. The van der Waals surface area contributed by atoms with Crippen molar-refractivity contribution in [1.29, 1.82) is 0 Å². The van der Waals surface area contributed by atoms with Gasteiger partial charge in [-0.15, -0.1) is 0 Å². The minimum atomic E-state index is -3.79. The lowest BCUT2D eigenvalue weighted by Crippen LogP contribution is -2.41. The summed E-state index contributed by atoms with van der Waals surface area (Å²) in [7, 11) is -3.79. The molecule has 5 rings (SSSR count). The first-order chi connectivity index (χ1) is 17.0. The molecule has 4 aromatic rings. The van der Waals surface area contributed by atoms with E-state index in [1.807, 2.05) is 54.6 Å². The number of benzene rings is 2. The number of nitrogens with two attached hydrogens (primary N) is 1. The molecule has 0 amide bonds. The maximum Gasteiger partial charge on any atom is 0.338 e. The van der Waals surface area contributed by atoms with Crippen molar-refractivity contribution in [2.75, 3.05) is 25.4 Å². The first-order valence-corrected chi connectivity index (χ1v) is 12.8. The third-order valence-corrected chi connectivity index (χ3v) is 7.41. The minimum Gasteiger partial charge on any atom is -0.457 e. The van der Waals surface area contributed by atoms with E-state index in [0.717, 1.165) is 17.7 Å². The monoisotopic (exact) mass is 494 g/mol. The fraction of sp³-hybridized carbons (Fsp3) is 0.292. The fourth-order valence-corrected chi connectivity index (χ4v) is 5.46. The summed E-state index contributed by atoms with van der Waals surface area (Å²) >= 11 is 0. The molecule has 35 heavy (non-hydrogen) atoms. The van der Waals surface area contributed by atoms with E-state index < -0.39 is 10.3 Å². The SMILES string of the molecule is CCOS(=O)(=O)N1CCC[C@@H](n2nc(-c3ccc(Oc4ccccc4)cc3)c3c(N)ncnc32)C1. The van der Waals surface area contributed by atoms with Crippen molar-refractivity contribution in [3.63, 3.8) is 0 Å². The number of ether oxygens (including phenoxy) is 1. The number of rotatable bonds is 7. The summed E-state index contributed by atoms with van der Waals surface area (Å²) in [6, 6.07) is 16.9. The second kappa shape index (κ2) is 9.61. The van der Waals surface area contributed by atoms with Crippen LogP contribution in [0.3, 0.4) is 0 Å². The van der Waals surface area contributed by atoms with Gasteiger partial charge < -0.3 is 10.5 Å². The molecule has 182 valence electrons. The summed E-state index contributed by atoms with van der Waals surface area (Å²) in [5.41, 5.74) is 8.28. The van der Waals surface area contributed by atoms with Gasteiger partial charge in [0, 0.05) is 18.7 Å². The number of aromatic nitrogens is 4. The van der Waals surface area contributed by atoms with Crippen LogP contribution in [0.1, 0.15) is 25.8 Å². The first kappa shape index (κ1) is 23.2. The highest BCUT2D eigenvalue weighted by Crippen LogP contribution is 2.35. The van der Waals surface area contributed by atoms with Gasteiger partial charge in [-0.1, -0.05) is 18.2 Å². The van der Waals surface area contributed by atoms with Crippen LogP contribution >= 0.6 is 0 Å². The topological polar surface area (TPSA) is 125 Å². The molecule has 11 heteroatoms. The van der Waals surface area contributed by atoms with Crippen molar-refractivity contribution in [1.82, 2.24) is 24.1 Å². The van der Waals surface area contributed by atoms with Crippen molar-refractivity contribution >= 4 is 27.2 Å². The summed E-state index contributed by atoms with van der Waals surface area (Å²) in [6.45, 7) is 2.39. The summed E-state index contributed by atoms with van der Waals surface area (Å²) in [6.07, 6.45) is 2.83. The van der Waals surface area contributed by atoms with Gasteiger partial charge in [0.25, 0.3) is 0 Å². The number of piperidine rings is 1. The molecule has 0 aliphatic carbocycles. The highest BCUT2D eigenvalue weighted by molar-refractivity contribution is 7.84. The predicted molar refractivity (Wildman–Crippen MR) is 132 cm³/mol. The Morgan fingerprint density at radius 3 is 2.54 bits per heavy atom. The molecule has 3 heterocycles. The van der Waals surface area contributed by atoms with Crippen molar-refractivity contribution in [2.45, 2.75) is 25.8 Å². The van der Waals surface area contributed by atoms with Gasteiger partial charge in [-0.25, -0.2) is 14.6 Å². The highest BCUT2D eigenvalue weighted by Gasteiger charge is 2.32. The van der Waals surface area contributed by atoms with E-state index in [2.05, 4.69) is 9.97 Å². The van der Waals surface area contributed by atoms with Crippen LogP contribution in [0.2, 0.25) is 0 Å². The molecule has 0 bridgehead atoms. The summed E-state index contributed by atoms with van der Waals surface area (Å²) in [5.74, 6) is 1.75. The second-order valence-electron chi connectivity index (χ2n) is 8.21. The number of nitrogens with zero attached hydrogens (tertiary/aromatic N) is 5. The summed E-state index contributed by atoms with van der Waals surface area (Å²) < 4.78 is 39.0. The number of para-hydroxylation sites is 1. The number of hydrogen-bond acceptors (Lipinski definition) is 8. The van der Waals surface area contributed by atoms with E-state index in [4.69, 9.17) is 19.8 Å². The van der Waals surface area contributed by atoms with Crippen LogP contribution in [0.4, 0.5) is 5.82 Å². The molecule has 1 aliphatic heterocycles. The van der Waals surface area contributed by atoms with Crippen LogP contribution in [-0.2, 0) is 14.5 Å². The summed E-state index contributed by atoms with van der Waals surface area (Å²) in [5, 5.41) is 5.48. The van der Waals surface area contributed by atoms with E-state index in [1.54, 1.807) is 11.6 Å². The van der Waals surface area contributed by atoms with E-state index in [0.29, 0.717) is 41.3 Å². The molecule has 1 saturated heterocycles. The van der Waals surface area contributed by atoms with E-state index in [1.165, 1.54) is 10.6 Å². The number of hydrogen-bond donors (Lipinski definition) is 1. The van der Waals surface area contributed by atoms with Gasteiger partial charge in [0.05, 0.1) is 18.0 Å². The molecule has 0 saturated carbocycles. The molecule has 2 aromatic heterocycles. The van der Waals surface area contributed by atoms with Crippen LogP contribution in [0.15, 0.2) is 60.9 Å². The third-order valence-electron chi connectivity index (χ3n) is 5.91. The Kier molecular flexibility index (Phi) is 6.37. The molecule has 0 unspecified atom stereocenters. The van der Waals surface area contributed by atoms with Crippen molar-refractivity contribution in [3.8, 4) is 22.8 Å². The Hall–Kier alpha value is -3.54. The van der Waals surface area contributed by atoms with Crippen LogP contribution < -0.4 is 10.5 Å². The largest absolute Gasteiger partial charge is 0.457 e. The zero-order chi connectivity index (χ0) is 24.4. The van der Waals surface area contributed by atoms with E-state index >= 15 is 0 Å². The zero-order valence-corrected chi connectivity index (χ0v) is 20.1. The maximum absolute atomic E-state index is 12.5. The van der Waals surface area contributed by atoms with Crippen LogP contribution in [0, 0.1) is 0 Å². The fourth-order valence-electron chi connectivity index (χ4n) is 4.30. The van der Waals surface area contributed by atoms with Gasteiger partial charge in [0.1, 0.15) is 29.3 Å². The molecule has 10 nitrogen and oxygen atoms in total. The normalized spacial score (nSPS) is 17.0. The lowest BCUT2D eigenvalue weighted by Gasteiger charge is -2.31. The predicted octanol–water partition coefficient (Wildman–Crippen LogP) is 3.79. The average molecular weight is 495 g/mol. The van der Waals surface area contributed by atoms with Crippen LogP contribution in [0.25, 0.3) is 22.3 Å². The van der Waals surface area contributed by atoms with Gasteiger partial charge in [0.2, 0.25) is 0 Å². The Bertz CT molecular complexity index is 1420. The first-order valence-electron chi connectivity index (χ1n) is 11.4. The number of nitrogen functional groups attached to an aromatic ring is 1. The maximum atomic E-state index is 12.5. The molecule has 2 N–H and O–H groups in total. The van der Waals surface area contributed by atoms with Crippen LogP contribution in [-0.4, -0.2) is 52.2 Å². The van der Waals surface area contributed by atoms with E-state index in [9.17, 15) is 8.42 Å². The Morgan fingerprint density at radius 1 is 1.06 bits per heavy atom. The molecule has 1 atom stereocenters. The van der Waals surface area contributed by atoms with Crippen LogP contribution in [0.5, 0.6) is 11.5 Å². The van der Waals surface area contributed by atoms with Gasteiger partial charge in [0.15, 0.2) is 5.65 Å². The Labute approximate surface area is 203 Å². The third kappa shape index (κ3) is 4.70. The lowest BCUT2D eigenvalue weighted by atomic mass is 10.1. The van der Waals surface area contributed by atoms with Gasteiger partial charge in [-0.05, 0) is 56.2 Å². The van der Waals surface area contributed by atoms with Gasteiger partial charge in [-0.2, -0.15) is 17.8 Å². The number of fused-ring (bicyclic) bond motifs is 1. The smallest absolute Gasteiger partial charge is 0.338 e. The molecule has 0 radical (unpaired) electrons. The standard InChI is InChI=1S/C24H26N6O4S/c1-2-33-35(31,32)29-14-6-7-18(15-29)30-24-21(23(25)26-16-27-24)22(28-30)17-10-12-20(13-11-17)34-19-8-4-3-5-9-19/h3-5,8-13,16,18H,2,6-7,14-15H2,1H3,(H2,25,26,27)/t18-/m1/s1. The summed E-state index contributed by atoms with van der Waals surface area (Å²) in [4.78, 5) is 8.61. The molecule has 1 aliphatic rings. The quantitative estimate of drug-likeness (QED) is 0.411. The van der Waals surface area contributed by atoms with Gasteiger partial charge >= 0.3 is 10.3 Å². The Balaban J connectivity index is 1.49. The van der Waals surface area contributed by atoms with Crippen molar-refractivity contribution in [2.24, 2.45) is 0 Å². The van der Waals surface area contributed by atoms with Crippen molar-refractivity contribution in [3.05, 3.63) is 60.9 Å². The molecule has 2 aromatic carbocycles. The zero-order valence-electron chi connectivity index (χ0n) is 19.2. The molecule has 0 spiro atoms. The average Bonchev–Trinajstić information content (AvgIpc) is 3.26. The van der Waals surface area contributed by atoms with Gasteiger partial charge in [-0.3, -0.25) is 4.18 Å². The highest BCUT2D eigenvalue weighted by atomic mass is 32.2. The number of anilines is 1. The minimum absolute atomic E-state index is 0.0894. The van der Waals surface area contributed by atoms with E-state index in [-0.39, 0.29) is 19.2 Å². The van der Waals surface area contributed by atoms with Crippen molar-refractivity contribution < 1.29 is 17.3 Å². The molecule has 1 fully saturated rings. The second-order valence-corrected chi connectivity index (χ2v) is 9.82. The lowest BCUT2D eigenvalue weighted by molar-refractivity contribution is 0.218. The molecular formula is C24H26N6O4S. The Morgan fingerprint density at radius 2 is 1.80 bits per heavy atom.